The molecule has 2 N–H and O–H groups in total. The molecule has 1 fully saturated rings. The minimum Gasteiger partial charge on any atom is -0.378 e. The summed E-state index contributed by atoms with van der Waals surface area (Å²) in [6.07, 6.45) is 1.49. The second-order valence-corrected chi connectivity index (χ2v) is 6.36. The highest BCUT2D eigenvalue weighted by atomic mass is 16.5. The first-order chi connectivity index (χ1) is 11.1. The number of morpholine rings is 1. The van der Waals surface area contributed by atoms with Crippen molar-refractivity contribution in [1.82, 2.24) is 5.32 Å². The van der Waals surface area contributed by atoms with Gasteiger partial charge in [-0.05, 0) is 18.6 Å². The van der Waals surface area contributed by atoms with Crippen LogP contribution in [0.4, 0.5) is 5.69 Å². The molecule has 0 spiro atoms. The Bertz CT molecular complexity index is 482. The predicted octanol–water partition coefficient (Wildman–Crippen LogP) is 0.625. The molecule has 1 aliphatic rings. The standard InChI is InChI=1S/C18H29N3O2/c1-4-5-18(22)19-14-17(21-10-12-23-13-11-21)15-6-8-16(9-7-15)20(2)3/h6-9,17H,4-5,10-14H2,1-3H3,(H,19,22)/p+1/t17-/m1/s1. The predicted molar refractivity (Wildman–Crippen MR) is 92.9 cm³/mol. The zero-order valence-corrected chi connectivity index (χ0v) is 14.6. The minimum atomic E-state index is 0.148. The number of anilines is 1. The second-order valence-electron chi connectivity index (χ2n) is 6.36. The summed E-state index contributed by atoms with van der Waals surface area (Å²) in [6, 6.07) is 8.96. The second kappa shape index (κ2) is 8.89. The van der Waals surface area contributed by atoms with Gasteiger partial charge in [-0.15, -0.1) is 0 Å². The topological polar surface area (TPSA) is 46.0 Å². The lowest BCUT2D eigenvalue weighted by Crippen LogP contribution is -3.15. The van der Waals surface area contributed by atoms with E-state index in [2.05, 4.69) is 34.5 Å². The Morgan fingerprint density at radius 3 is 2.48 bits per heavy atom. The van der Waals surface area contributed by atoms with Gasteiger partial charge in [-0.1, -0.05) is 19.1 Å². The highest BCUT2D eigenvalue weighted by molar-refractivity contribution is 5.75. The Morgan fingerprint density at radius 1 is 1.26 bits per heavy atom. The molecule has 0 aliphatic carbocycles. The Hall–Kier alpha value is -1.59. The third kappa shape index (κ3) is 5.22. The first-order valence-electron chi connectivity index (χ1n) is 8.58. The van der Waals surface area contributed by atoms with Crippen molar-refractivity contribution in [2.75, 3.05) is 51.8 Å². The summed E-state index contributed by atoms with van der Waals surface area (Å²) >= 11 is 0. The van der Waals surface area contributed by atoms with E-state index in [0.29, 0.717) is 13.0 Å². The van der Waals surface area contributed by atoms with Gasteiger partial charge in [0.1, 0.15) is 19.1 Å². The van der Waals surface area contributed by atoms with Crippen LogP contribution in [0.25, 0.3) is 0 Å². The number of ether oxygens (including phenoxy) is 1. The summed E-state index contributed by atoms with van der Waals surface area (Å²) in [4.78, 5) is 15.4. The van der Waals surface area contributed by atoms with Gasteiger partial charge in [0.2, 0.25) is 5.91 Å². The maximum Gasteiger partial charge on any atom is 0.220 e. The van der Waals surface area contributed by atoms with Crippen LogP contribution in [0.15, 0.2) is 24.3 Å². The molecular weight excluding hydrogens is 290 g/mol. The zero-order chi connectivity index (χ0) is 16.7. The van der Waals surface area contributed by atoms with Gasteiger partial charge in [0.25, 0.3) is 0 Å². The zero-order valence-electron chi connectivity index (χ0n) is 14.6. The summed E-state index contributed by atoms with van der Waals surface area (Å²) in [7, 11) is 4.09. The number of hydrogen-bond acceptors (Lipinski definition) is 3. The number of nitrogens with zero attached hydrogens (tertiary/aromatic N) is 1. The average molecular weight is 320 g/mol. The van der Waals surface area contributed by atoms with Gasteiger partial charge in [-0.2, -0.15) is 0 Å². The van der Waals surface area contributed by atoms with Gasteiger partial charge in [0, 0.05) is 31.8 Å². The molecule has 1 aromatic rings. The Balaban J connectivity index is 2.09. The maximum atomic E-state index is 11.9. The molecule has 5 nitrogen and oxygen atoms in total. The molecule has 128 valence electrons. The fraction of sp³-hybridized carbons (Fsp3) is 0.611. The molecule has 0 unspecified atom stereocenters. The van der Waals surface area contributed by atoms with E-state index in [1.807, 2.05) is 21.0 Å². The van der Waals surface area contributed by atoms with Crippen molar-refractivity contribution >= 4 is 11.6 Å². The number of benzene rings is 1. The number of amides is 1. The van der Waals surface area contributed by atoms with Gasteiger partial charge < -0.3 is 19.9 Å². The molecule has 1 saturated heterocycles. The first kappa shape index (κ1) is 17.8. The lowest BCUT2D eigenvalue weighted by Gasteiger charge is -2.32. The lowest BCUT2D eigenvalue weighted by atomic mass is 10.0. The molecule has 5 heteroatoms. The van der Waals surface area contributed by atoms with Crippen LogP contribution < -0.4 is 15.1 Å². The normalized spacial score (nSPS) is 16.8. The first-order valence-corrected chi connectivity index (χ1v) is 8.58. The van der Waals surface area contributed by atoms with Crippen LogP contribution in [0.5, 0.6) is 0 Å². The smallest absolute Gasteiger partial charge is 0.220 e. The molecule has 0 saturated carbocycles. The van der Waals surface area contributed by atoms with Crippen molar-refractivity contribution in [1.29, 1.82) is 0 Å². The van der Waals surface area contributed by atoms with Crippen molar-refractivity contribution in [3.05, 3.63) is 29.8 Å². The van der Waals surface area contributed by atoms with Gasteiger partial charge in [-0.3, -0.25) is 4.79 Å². The van der Waals surface area contributed by atoms with Gasteiger partial charge in [0.15, 0.2) is 0 Å². The molecule has 1 aliphatic heterocycles. The van der Waals surface area contributed by atoms with Crippen LogP contribution in [0, 0.1) is 0 Å². The molecule has 2 rings (SSSR count). The van der Waals surface area contributed by atoms with Crippen molar-refractivity contribution in [2.24, 2.45) is 0 Å². The van der Waals surface area contributed by atoms with Crippen LogP contribution >= 0.6 is 0 Å². The van der Waals surface area contributed by atoms with Crippen LogP contribution in [0.1, 0.15) is 31.4 Å². The van der Waals surface area contributed by atoms with E-state index in [-0.39, 0.29) is 11.9 Å². The number of carbonyl (C=O) groups excluding carboxylic acids is 1. The van der Waals surface area contributed by atoms with Crippen molar-refractivity contribution in [3.8, 4) is 0 Å². The van der Waals surface area contributed by atoms with Crippen LogP contribution in [0.3, 0.4) is 0 Å². The molecule has 1 atom stereocenters. The van der Waals surface area contributed by atoms with Crippen molar-refractivity contribution < 1.29 is 14.4 Å². The Labute approximate surface area is 139 Å². The molecule has 0 aromatic heterocycles. The molecule has 23 heavy (non-hydrogen) atoms. The summed E-state index contributed by atoms with van der Waals surface area (Å²) in [5, 5.41) is 3.11. The molecule has 1 heterocycles. The van der Waals surface area contributed by atoms with Crippen LogP contribution in [0.2, 0.25) is 0 Å². The Kier molecular flexibility index (Phi) is 6.86. The summed E-state index contributed by atoms with van der Waals surface area (Å²) < 4.78 is 5.49. The lowest BCUT2D eigenvalue weighted by molar-refractivity contribution is -0.937. The van der Waals surface area contributed by atoms with Gasteiger partial charge >= 0.3 is 0 Å². The van der Waals surface area contributed by atoms with E-state index in [1.165, 1.54) is 16.2 Å². The third-order valence-electron chi connectivity index (χ3n) is 4.42. The van der Waals surface area contributed by atoms with E-state index in [1.54, 1.807) is 0 Å². The summed E-state index contributed by atoms with van der Waals surface area (Å²) in [5.41, 5.74) is 2.48. The van der Waals surface area contributed by atoms with E-state index >= 15 is 0 Å². The molecule has 1 aromatic carbocycles. The molecule has 1 amide bonds. The van der Waals surface area contributed by atoms with Gasteiger partial charge in [0.05, 0.1) is 19.8 Å². The number of nitrogens with one attached hydrogen (secondary N) is 2. The molecule has 0 radical (unpaired) electrons. The fourth-order valence-corrected chi connectivity index (χ4v) is 3.02. The fourth-order valence-electron chi connectivity index (χ4n) is 3.02. The third-order valence-corrected chi connectivity index (χ3v) is 4.42. The maximum absolute atomic E-state index is 11.9. The minimum absolute atomic E-state index is 0.148. The number of carbonyl (C=O) groups is 1. The number of quaternary nitrogens is 1. The van der Waals surface area contributed by atoms with E-state index in [9.17, 15) is 4.79 Å². The average Bonchev–Trinajstić information content (AvgIpc) is 2.57. The number of rotatable bonds is 7. The quantitative estimate of drug-likeness (QED) is 0.774. The molecular formula is C18H30N3O2+. The van der Waals surface area contributed by atoms with E-state index in [4.69, 9.17) is 4.74 Å². The van der Waals surface area contributed by atoms with Crippen LogP contribution in [-0.2, 0) is 9.53 Å². The SMILES string of the molecule is CCCC(=O)NC[C@H](c1ccc(N(C)C)cc1)[NH+]1CCOCC1. The van der Waals surface area contributed by atoms with E-state index < -0.39 is 0 Å². The van der Waals surface area contributed by atoms with Gasteiger partial charge in [-0.25, -0.2) is 0 Å². The van der Waals surface area contributed by atoms with E-state index in [0.717, 1.165) is 32.7 Å². The highest BCUT2D eigenvalue weighted by Crippen LogP contribution is 2.16. The summed E-state index contributed by atoms with van der Waals surface area (Å²) in [6.45, 7) is 6.29. The Morgan fingerprint density at radius 2 is 1.91 bits per heavy atom. The van der Waals surface area contributed by atoms with Crippen LogP contribution in [-0.4, -0.2) is 52.9 Å². The van der Waals surface area contributed by atoms with Crippen molar-refractivity contribution in [3.63, 3.8) is 0 Å². The number of hydrogen-bond donors (Lipinski definition) is 2. The summed E-state index contributed by atoms with van der Waals surface area (Å²) in [5.74, 6) is 0.148. The molecule has 0 bridgehead atoms. The van der Waals surface area contributed by atoms with Crippen molar-refractivity contribution in [2.45, 2.75) is 25.8 Å². The highest BCUT2D eigenvalue weighted by Gasteiger charge is 2.26. The monoisotopic (exact) mass is 320 g/mol. The largest absolute Gasteiger partial charge is 0.378 e.